The number of rotatable bonds is 5. The van der Waals surface area contributed by atoms with Crippen LogP contribution in [0.15, 0.2) is 12.1 Å². The smallest absolute Gasteiger partial charge is 0.278 e. The van der Waals surface area contributed by atoms with Gasteiger partial charge in [-0.1, -0.05) is 20.3 Å². The zero-order chi connectivity index (χ0) is 16.4. The summed E-state index contributed by atoms with van der Waals surface area (Å²) in [4.78, 5) is 13.6. The maximum Gasteiger partial charge on any atom is 0.278 e. The Bertz CT molecular complexity index is 597. The number of hydrogen-bond donors (Lipinski definition) is 1. The monoisotopic (exact) mass is 393 g/mol. The number of hydrogen-bond acceptors (Lipinski definition) is 6. The normalized spacial score (nSPS) is 18.6. The molecule has 142 valence electrons. The van der Waals surface area contributed by atoms with E-state index >= 15 is 0 Å². The molecule has 1 aromatic rings. The lowest BCUT2D eigenvalue weighted by atomic mass is 9.89. The van der Waals surface area contributed by atoms with Crippen molar-refractivity contribution in [3.05, 3.63) is 27.8 Å². The van der Waals surface area contributed by atoms with Crippen LogP contribution in [0.2, 0.25) is 0 Å². The molecule has 2 aliphatic heterocycles. The van der Waals surface area contributed by atoms with Gasteiger partial charge < -0.3 is 14.8 Å². The molecule has 1 aromatic carbocycles. The number of nitro groups is 1. The first-order valence-electron chi connectivity index (χ1n) is 8.14. The van der Waals surface area contributed by atoms with Gasteiger partial charge >= 0.3 is 0 Å². The molecule has 25 heavy (non-hydrogen) atoms. The summed E-state index contributed by atoms with van der Waals surface area (Å²) >= 11 is 0. The van der Waals surface area contributed by atoms with E-state index in [1.165, 1.54) is 6.07 Å². The number of nitrogens with one attached hydrogen (secondary N) is 1. The lowest BCUT2D eigenvalue weighted by Gasteiger charge is -2.38. The molecule has 1 N–H and O–H groups in total. The summed E-state index contributed by atoms with van der Waals surface area (Å²) in [6.45, 7) is 8.00. The van der Waals surface area contributed by atoms with Crippen LogP contribution in [0, 0.1) is 16.0 Å². The van der Waals surface area contributed by atoms with Crippen LogP contribution >= 0.6 is 24.8 Å². The van der Waals surface area contributed by atoms with Gasteiger partial charge in [0.2, 0.25) is 6.79 Å². The Morgan fingerprint density at radius 2 is 1.84 bits per heavy atom. The van der Waals surface area contributed by atoms with E-state index < -0.39 is 0 Å². The largest absolute Gasteiger partial charge is 0.454 e. The number of ether oxygens (including phenoxy) is 2. The lowest BCUT2D eigenvalue weighted by molar-refractivity contribution is -0.386. The topological polar surface area (TPSA) is 76.9 Å². The van der Waals surface area contributed by atoms with Crippen LogP contribution in [-0.4, -0.2) is 42.8 Å². The summed E-state index contributed by atoms with van der Waals surface area (Å²) < 4.78 is 10.8. The molecule has 0 bridgehead atoms. The van der Waals surface area contributed by atoms with Crippen LogP contribution in [0.25, 0.3) is 0 Å². The maximum atomic E-state index is 11.6. The third kappa shape index (κ3) is 4.47. The number of nitro benzene ring substituents is 1. The van der Waals surface area contributed by atoms with Gasteiger partial charge in [-0.3, -0.25) is 15.0 Å². The first kappa shape index (κ1) is 21.8. The Kier molecular flexibility index (Phi) is 8.21. The molecule has 0 radical (unpaired) electrons. The van der Waals surface area contributed by atoms with E-state index in [0.29, 0.717) is 17.4 Å². The fraction of sp³-hybridized carbons (Fsp3) is 0.625. The zero-order valence-corrected chi connectivity index (χ0v) is 16.0. The predicted molar refractivity (Wildman–Crippen MR) is 100 cm³/mol. The SMILES string of the molecule is CCC(C)[C@H](c1cc2c(cc1[N+](=O)[O-])OCO2)N1CCNCC1.Cl.Cl. The van der Waals surface area contributed by atoms with Crippen molar-refractivity contribution in [2.24, 2.45) is 5.92 Å². The molecular formula is C16H25Cl2N3O4. The van der Waals surface area contributed by atoms with E-state index in [2.05, 4.69) is 24.1 Å². The van der Waals surface area contributed by atoms with Crippen molar-refractivity contribution in [3.63, 3.8) is 0 Å². The van der Waals surface area contributed by atoms with Gasteiger partial charge in [0.05, 0.1) is 16.6 Å². The lowest BCUT2D eigenvalue weighted by Crippen LogP contribution is -2.46. The zero-order valence-electron chi connectivity index (χ0n) is 14.4. The second-order valence-corrected chi connectivity index (χ2v) is 6.14. The minimum atomic E-state index is -0.311. The molecule has 0 saturated carbocycles. The molecule has 0 aromatic heterocycles. The summed E-state index contributed by atoms with van der Waals surface area (Å²) in [6, 6.07) is 3.33. The fourth-order valence-corrected chi connectivity index (χ4v) is 3.39. The molecule has 1 saturated heterocycles. The summed E-state index contributed by atoms with van der Waals surface area (Å²) in [5.74, 6) is 1.38. The van der Waals surface area contributed by atoms with Gasteiger partial charge in [-0.05, 0) is 12.0 Å². The van der Waals surface area contributed by atoms with Crippen molar-refractivity contribution < 1.29 is 14.4 Å². The van der Waals surface area contributed by atoms with E-state index in [1.54, 1.807) is 6.07 Å². The highest BCUT2D eigenvalue weighted by atomic mass is 35.5. The molecule has 1 unspecified atom stereocenters. The molecule has 0 spiro atoms. The van der Waals surface area contributed by atoms with Crippen molar-refractivity contribution >= 4 is 30.5 Å². The molecule has 2 aliphatic rings. The Balaban J connectivity index is 0.00000156. The third-order valence-electron chi connectivity index (χ3n) is 4.77. The van der Waals surface area contributed by atoms with Crippen LogP contribution in [0.1, 0.15) is 31.9 Å². The number of piperazine rings is 1. The van der Waals surface area contributed by atoms with Gasteiger partial charge in [0, 0.05) is 32.2 Å². The minimum absolute atomic E-state index is 0. The van der Waals surface area contributed by atoms with E-state index in [4.69, 9.17) is 9.47 Å². The number of nitrogens with zero attached hydrogens (tertiary/aromatic N) is 2. The van der Waals surface area contributed by atoms with Crippen LogP contribution in [-0.2, 0) is 0 Å². The molecule has 2 heterocycles. The van der Waals surface area contributed by atoms with Crippen LogP contribution in [0.5, 0.6) is 11.5 Å². The van der Waals surface area contributed by atoms with Gasteiger partial charge in [0.25, 0.3) is 5.69 Å². The average Bonchev–Trinajstić information content (AvgIpc) is 3.02. The van der Waals surface area contributed by atoms with Crippen molar-refractivity contribution in [2.45, 2.75) is 26.3 Å². The van der Waals surface area contributed by atoms with Gasteiger partial charge in [-0.25, -0.2) is 0 Å². The summed E-state index contributed by atoms with van der Waals surface area (Å²) in [5, 5.41) is 14.9. The standard InChI is InChI=1S/C16H23N3O4.2ClH/c1-3-11(2)16(18-6-4-17-5-7-18)12-8-14-15(23-10-22-14)9-13(12)19(20)21;;/h8-9,11,16-17H,3-7,10H2,1-2H3;2*1H/t11?,16-;;/m1../s1. The van der Waals surface area contributed by atoms with E-state index in [0.717, 1.165) is 38.2 Å². The van der Waals surface area contributed by atoms with Gasteiger partial charge in [0.15, 0.2) is 11.5 Å². The molecule has 7 nitrogen and oxygen atoms in total. The van der Waals surface area contributed by atoms with Crippen LogP contribution in [0.4, 0.5) is 5.69 Å². The molecule has 0 aliphatic carbocycles. The molecule has 1 fully saturated rings. The van der Waals surface area contributed by atoms with E-state index in [1.807, 2.05) is 0 Å². The van der Waals surface area contributed by atoms with E-state index in [-0.39, 0.29) is 48.3 Å². The van der Waals surface area contributed by atoms with Crippen molar-refractivity contribution in [2.75, 3.05) is 33.0 Å². The minimum Gasteiger partial charge on any atom is -0.454 e. The quantitative estimate of drug-likeness (QED) is 0.611. The highest BCUT2D eigenvalue weighted by Gasteiger charge is 2.34. The summed E-state index contributed by atoms with van der Waals surface area (Å²) in [7, 11) is 0. The van der Waals surface area contributed by atoms with Gasteiger partial charge in [-0.2, -0.15) is 0 Å². The Hall–Kier alpha value is -1.28. The number of fused-ring (bicyclic) bond motifs is 1. The third-order valence-corrected chi connectivity index (χ3v) is 4.77. The second-order valence-electron chi connectivity index (χ2n) is 6.14. The summed E-state index contributed by atoms with van der Waals surface area (Å²) in [5.41, 5.74) is 0.855. The van der Waals surface area contributed by atoms with Crippen molar-refractivity contribution in [1.29, 1.82) is 0 Å². The average molecular weight is 394 g/mol. The van der Waals surface area contributed by atoms with Crippen molar-refractivity contribution in [3.8, 4) is 11.5 Å². The molecule has 9 heteroatoms. The Morgan fingerprint density at radius 3 is 2.40 bits per heavy atom. The second kappa shape index (κ2) is 9.43. The number of halogens is 2. The van der Waals surface area contributed by atoms with Gasteiger partial charge in [-0.15, -0.1) is 24.8 Å². The first-order chi connectivity index (χ1) is 11.1. The van der Waals surface area contributed by atoms with Crippen LogP contribution < -0.4 is 14.8 Å². The predicted octanol–water partition coefficient (Wildman–Crippen LogP) is 3.16. The summed E-state index contributed by atoms with van der Waals surface area (Å²) in [6.07, 6.45) is 0.959. The molecule has 2 atom stereocenters. The fourth-order valence-electron chi connectivity index (χ4n) is 3.39. The Labute approximate surface area is 160 Å². The highest BCUT2D eigenvalue weighted by molar-refractivity contribution is 5.85. The van der Waals surface area contributed by atoms with Crippen LogP contribution in [0.3, 0.4) is 0 Å². The van der Waals surface area contributed by atoms with Crippen molar-refractivity contribution in [1.82, 2.24) is 10.2 Å². The molecule has 3 rings (SSSR count). The highest BCUT2D eigenvalue weighted by Crippen LogP contribution is 2.44. The first-order valence-corrected chi connectivity index (χ1v) is 8.14. The maximum absolute atomic E-state index is 11.6. The molecular weight excluding hydrogens is 369 g/mol. The van der Waals surface area contributed by atoms with Gasteiger partial charge in [0.1, 0.15) is 0 Å². The Morgan fingerprint density at radius 1 is 1.24 bits per heavy atom. The number of benzene rings is 1. The molecule has 0 amide bonds. The van der Waals surface area contributed by atoms with E-state index in [9.17, 15) is 10.1 Å².